The first kappa shape index (κ1) is 51.7. The highest BCUT2D eigenvalue weighted by Crippen LogP contribution is 2.51. The maximum atomic E-state index is 14.0. The van der Waals surface area contributed by atoms with E-state index >= 15 is 0 Å². The number of nitrogens with one attached hydrogen (secondary N) is 1. The van der Waals surface area contributed by atoms with Gasteiger partial charge in [0, 0.05) is 25.4 Å². The Bertz CT molecular complexity index is 2420. The van der Waals surface area contributed by atoms with E-state index in [1.165, 1.54) is 23.9 Å². The molecule has 0 radical (unpaired) electrons. The van der Waals surface area contributed by atoms with Crippen molar-refractivity contribution >= 4 is 20.3 Å². The topological polar surface area (TPSA) is 165 Å². The molecule has 4 aromatic carbocycles. The van der Waals surface area contributed by atoms with Gasteiger partial charge in [-0.2, -0.15) is 10.2 Å². The molecular weight excluding hydrogens is 886 g/mol. The number of nitrogens with zero attached hydrogens (tertiary/aromatic N) is 4. The van der Waals surface area contributed by atoms with Gasteiger partial charge in [-0.1, -0.05) is 87.5 Å². The molecule has 1 unspecified atom stereocenters. The van der Waals surface area contributed by atoms with Crippen molar-refractivity contribution in [3.05, 3.63) is 148 Å². The third-order valence-electron chi connectivity index (χ3n) is 11.5. The van der Waals surface area contributed by atoms with Crippen molar-refractivity contribution in [2.45, 2.75) is 103 Å². The van der Waals surface area contributed by atoms with Crippen LogP contribution in [0.15, 0.2) is 120 Å². The molecule has 16 heteroatoms. The lowest BCUT2D eigenvalue weighted by molar-refractivity contribution is -0.118. The van der Waals surface area contributed by atoms with Crippen molar-refractivity contribution in [2.24, 2.45) is 0 Å². The molecule has 1 aromatic heterocycles. The first-order chi connectivity index (χ1) is 32.6. The largest absolute Gasteiger partial charge is 0.497 e. The molecule has 1 saturated heterocycles. The first-order valence-corrected chi connectivity index (χ1v) is 23.8. The van der Waals surface area contributed by atoms with Crippen LogP contribution in [0.1, 0.15) is 83.4 Å². The fourth-order valence-corrected chi connectivity index (χ4v) is 9.95. The van der Waals surface area contributed by atoms with Gasteiger partial charge in [-0.15, -0.1) is 0 Å². The fraction of sp³-hybridized carbons (Fsp3) is 0.423. The number of rotatable bonds is 22. The van der Waals surface area contributed by atoms with E-state index in [2.05, 4.69) is 69.5 Å². The molecule has 5 aromatic rings. The second kappa shape index (κ2) is 23.6. The molecule has 0 spiro atoms. The SMILES string of the molecule is COc1ccc(C(OC[C@H]2O[C@@H](n3ccc(NC(=O)COc4ccc(C(C)(C)C)cc4)nc3=O)[C@H](OC)[C@@H]2OP(OCCC#N)N(C(C)C)C(C)C)(c2ccccc2)c2ccc(OC)cc2)cc1. The number of amides is 1. The molecule has 1 fully saturated rings. The molecular formula is C52H64N5O10P. The Morgan fingerprint density at radius 3 is 1.88 bits per heavy atom. The molecule has 68 heavy (non-hydrogen) atoms. The summed E-state index contributed by atoms with van der Waals surface area (Å²) in [6.45, 7) is 14.3. The van der Waals surface area contributed by atoms with Crippen LogP contribution >= 0.6 is 8.53 Å². The molecule has 362 valence electrons. The van der Waals surface area contributed by atoms with Crippen LogP contribution in [-0.2, 0) is 39.1 Å². The lowest BCUT2D eigenvalue weighted by atomic mass is 9.80. The predicted molar refractivity (Wildman–Crippen MR) is 261 cm³/mol. The van der Waals surface area contributed by atoms with Gasteiger partial charge in [0.1, 0.15) is 47.0 Å². The number of methoxy groups -OCH3 is 3. The molecule has 1 amide bonds. The van der Waals surface area contributed by atoms with E-state index < -0.39 is 50.3 Å². The van der Waals surface area contributed by atoms with E-state index in [9.17, 15) is 14.9 Å². The first-order valence-electron chi connectivity index (χ1n) is 22.7. The number of aromatic nitrogens is 2. The van der Waals surface area contributed by atoms with Gasteiger partial charge in [0.15, 0.2) is 12.8 Å². The second-order valence-electron chi connectivity index (χ2n) is 17.8. The summed E-state index contributed by atoms with van der Waals surface area (Å²) in [6.07, 6.45) is -2.09. The highest BCUT2D eigenvalue weighted by Gasteiger charge is 2.51. The number of benzene rings is 4. The maximum Gasteiger partial charge on any atom is 0.351 e. The van der Waals surface area contributed by atoms with E-state index in [4.69, 9.17) is 37.5 Å². The summed E-state index contributed by atoms with van der Waals surface area (Å²) in [5.74, 6) is 1.43. The lowest BCUT2D eigenvalue weighted by Crippen LogP contribution is -2.43. The minimum absolute atomic E-state index is 0.0122. The Morgan fingerprint density at radius 1 is 0.809 bits per heavy atom. The molecule has 5 atom stereocenters. The van der Waals surface area contributed by atoms with Gasteiger partial charge in [0.25, 0.3) is 14.4 Å². The number of anilines is 1. The van der Waals surface area contributed by atoms with E-state index in [0.717, 1.165) is 22.3 Å². The Kier molecular flexibility index (Phi) is 17.9. The Hall–Kier alpha value is -5.69. The van der Waals surface area contributed by atoms with Crippen LogP contribution in [0.3, 0.4) is 0 Å². The minimum Gasteiger partial charge on any atom is -0.497 e. The summed E-state index contributed by atoms with van der Waals surface area (Å²) in [5, 5.41) is 12.1. The zero-order chi connectivity index (χ0) is 49.0. The monoisotopic (exact) mass is 949 g/mol. The summed E-state index contributed by atoms with van der Waals surface area (Å²) < 4.78 is 54.1. The number of carbonyl (C=O) groups excluding carboxylic acids is 1. The Morgan fingerprint density at radius 2 is 1.37 bits per heavy atom. The molecule has 0 aliphatic carbocycles. The number of carbonyl (C=O) groups is 1. The maximum absolute atomic E-state index is 14.0. The third kappa shape index (κ3) is 12.3. The van der Waals surface area contributed by atoms with Crippen LogP contribution in [0.4, 0.5) is 5.82 Å². The highest BCUT2D eigenvalue weighted by atomic mass is 31.2. The molecule has 15 nitrogen and oxygen atoms in total. The minimum atomic E-state index is -1.83. The summed E-state index contributed by atoms with van der Waals surface area (Å²) in [6, 6.07) is 36.5. The number of ether oxygens (including phenoxy) is 6. The molecule has 1 N–H and O–H groups in total. The second-order valence-corrected chi connectivity index (χ2v) is 19.2. The average molecular weight is 950 g/mol. The van der Waals surface area contributed by atoms with Gasteiger partial charge in [-0.05, 0) is 97.8 Å². The molecule has 2 heterocycles. The number of hydrogen-bond donors (Lipinski definition) is 1. The van der Waals surface area contributed by atoms with Crippen LogP contribution in [0, 0.1) is 11.3 Å². The summed E-state index contributed by atoms with van der Waals surface area (Å²) in [5.41, 5.74) is 1.63. The van der Waals surface area contributed by atoms with Gasteiger partial charge in [-0.3, -0.25) is 9.36 Å². The van der Waals surface area contributed by atoms with Crippen LogP contribution in [0.2, 0.25) is 0 Å². The summed E-state index contributed by atoms with van der Waals surface area (Å²) in [4.78, 5) is 31.3. The summed E-state index contributed by atoms with van der Waals surface area (Å²) in [7, 11) is 2.93. The average Bonchev–Trinajstić information content (AvgIpc) is 3.67. The standard InChI is InChI=1S/C52H64N5O10P/c1-35(2)57(36(3)4)68(65-32-14-30-53)67-47-44(33-64-52(38-15-12-11-13-16-38,39-19-23-41(60-8)24-20-39)40-21-25-42(61-9)26-22-40)66-49(48(47)62-10)56-31-29-45(55-50(56)59)54-46(58)34-63-43-27-17-37(18-28-43)51(5,6)7/h11-13,15-29,31,35-36,44,47-49H,14,32-34H2,1-10H3,(H,54,55,58,59)/t44-,47-,48-,49-,68?/m1/s1. The zero-order valence-electron chi connectivity index (χ0n) is 40.6. The Balaban J connectivity index is 1.36. The van der Waals surface area contributed by atoms with Crippen molar-refractivity contribution in [1.29, 1.82) is 5.26 Å². The van der Waals surface area contributed by atoms with Crippen LogP contribution in [-0.4, -0.2) is 91.7 Å². The van der Waals surface area contributed by atoms with Gasteiger partial charge < -0.3 is 42.8 Å². The smallest absolute Gasteiger partial charge is 0.351 e. The third-order valence-corrected chi connectivity index (χ3v) is 13.7. The van der Waals surface area contributed by atoms with Crippen molar-refractivity contribution < 1.29 is 42.3 Å². The van der Waals surface area contributed by atoms with Gasteiger partial charge >= 0.3 is 5.69 Å². The number of nitriles is 1. The molecule has 1 aliphatic heterocycles. The van der Waals surface area contributed by atoms with E-state index in [1.807, 2.05) is 103 Å². The van der Waals surface area contributed by atoms with Crippen LogP contribution in [0.5, 0.6) is 17.2 Å². The van der Waals surface area contributed by atoms with Crippen molar-refractivity contribution in [2.75, 3.05) is 46.5 Å². The summed E-state index contributed by atoms with van der Waals surface area (Å²) >= 11 is 0. The van der Waals surface area contributed by atoms with Crippen molar-refractivity contribution in [1.82, 2.24) is 14.2 Å². The molecule has 6 rings (SSSR count). The van der Waals surface area contributed by atoms with E-state index in [1.54, 1.807) is 14.2 Å². The lowest BCUT2D eigenvalue weighted by Gasteiger charge is -2.39. The molecule has 0 saturated carbocycles. The molecule has 1 aliphatic rings. The van der Waals surface area contributed by atoms with Crippen LogP contribution < -0.4 is 25.2 Å². The van der Waals surface area contributed by atoms with Gasteiger partial charge in [0.05, 0.1) is 39.9 Å². The Labute approximate surface area is 401 Å². The molecule has 0 bridgehead atoms. The zero-order valence-corrected chi connectivity index (χ0v) is 41.5. The highest BCUT2D eigenvalue weighted by molar-refractivity contribution is 7.44. The van der Waals surface area contributed by atoms with Crippen LogP contribution in [0.25, 0.3) is 0 Å². The van der Waals surface area contributed by atoms with Crippen molar-refractivity contribution in [3.8, 4) is 23.3 Å². The van der Waals surface area contributed by atoms with Crippen molar-refractivity contribution in [3.63, 3.8) is 0 Å². The fourth-order valence-electron chi connectivity index (χ4n) is 8.18. The predicted octanol–water partition coefficient (Wildman–Crippen LogP) is 9.16. The normalized spacial score (nSPS) is 17.8. The number of hydrogen-bond acceptors (Lipinski definition) is 13. The van der Waals surface area contributed by atoms with Gasteiger partial charge in [-0.25, -0.2) is 9.46 Å². The van der Waals surface area contributed by atoms with Gasteiger partial charge in [0.2, 0.25) is 0 Å². The van der Waals surface area contributed by atoms with E-state index in [-0.39, 0.29) is 49.6 Å². The van der Waals surface area contributed by atoms with E-state index in [0.29, 0.717) is 17.2 Å². The quantitative estimate of drug-likeness (QED) is 0.0397.